The molecule has 0 spiro atoms. The van der Waals surface area contributed by atoms with E-state index in [1.54, 1.807) is 19.4 Å². The molecule has 0 aliphatic carbocycles. The molecular formula is C24H24N4O3S2. The van der Waals surface area contributed by atoms with Crippen LogP contribution in [0.2, 0.25) is 0 Å². The number of carbonyl (C=O) groups excluding carboxylic acids is 1. The number of aromatic nitrogens is 2. The van der Waals surface area contributed by atoms with Crippen molar-refractivity contribution in [3.63, 3.8) is 0 Å². The summed E-state index contributed by atoms with van der Waals surface area (Å²) in [6.45, 7) is 5.18. The average Bonchev–Trinajstić information content (AvgIpc) is 3.06. The van der Waals surface area contributed by atoms with E-state index in [9.17, 15) is 9.59 Å². The molecule has 0 unspecified atom stereocenters. The summed E-state index contributed by atoms with van der Waals surface area (Å²) in [6.07, 6.45) is 3.34. The number of thioether (sulfide) groups is 1. The second-order valence-corrected chi connectivity index (χ2v) is 9.45. The minimum atomic E-state index is -0.253. The van der Waals surface area contributed by atoms with Crippen molar-refractivity contribution in [1.82, 2.24) is 14.3 Å². The number of nitrogens with zero attached hydrogens (tertiary/aromatic N) is 3. The second kappa shape index (κ2) is 9.86. The summed E-state index contributed by atoms with van der Waals surface area (Å²) in [6, 6.07) is 11.8. The van der Waals surface area contributed by atoms with Crippen LogP contribution in [-0.2, 0) is 16.1 Å². The van der Waals surface area contributed by atoms with Gasteiger partial charge in [-0.15, -0.1) is 0 Å². The van der Waals surface area contributed by atoms with Crippen LogP contribution in [0, 0.1) is 13.8 Å². The molecule has 4 rings (SSSR count). The molecule has 1 N–H and O–H groups in total. The summed E-state index contributed by atoms with van der Waals surface area (Å²) in [5, 5.41) is 3.29. The molecule has 1 fully saturated rings. The van der Waals surface area contributed by atoms with Crippen LogP contribution in [0.15, 0.2) is 52.3 Å². The Hall–Kier alpha value is -3.01. The van der Waals surface area contributed by atoms with E-state index in [-0.39, 0.29) is 11.5 Å². The lowest BCUT2D eigenvalue weighted by atomic mass is 10.1. The molecule has 0 saturated carbocycles. The number of hydrogen-bond acceptors (Lipinski definition) is 7. The Morgan fingerprint density at radius 3 is 2.58 bits per heavy atom. The fourth-order valence-corrected chi connectivity index (χ4v) is 4.71. The molecule has 1 aliphatic heterocycles. The van der Waals surface area contributed by atoms with E-state index >= 15 is 0 Å². The standard InChI is InChI=1S/C24H24N4O3S2/c1-15-4-7-17(8-5-15)13-25-21-18(22(29)28-14-16(2)6-9-20(28)26-21)12-19-23(30)27(10-11-31-3)24(32)33-19/h4-9,12,14,25H,10-11,13H2,1-3H3/b19-12-. The van der Waals surface area contributed by atoms with Gasteiger partial charge in [-0.05, 0) is 37.1 Å². The Morgan fingerprint density at radius 1 is 1.12 bits per heavy atom. The first kappa shape index (κ1) is 23.2. The van der Waals surface area contributed by atoms with E-state index in [2.05, 4.69) is 10.3 Å². The fourth-order valence-electron chi connectivity index (χ4n) is 3.42. The van der Waals surface area contributed by atoms with Gasteiger partial charge in [-0.25, -0.2) is 4.98 Å². The van der Waals surface area contributed by atoms with Gasteiger partial charge in [0.1, 0.15) is 15.8 Å². The first-order chi connectivity index (χ1) is 15.9. The zero-order valence-corrected chi connectivity index (χ0v) is 20.3. The Morgan fingerprint density at radius 2 is 1.85 bits per heavy atom. The Balaban J connectivity index is 1.75. The number of ether oxygens (including phenoxy) is 1. The van der Waals surface area contributed by atoms with Crippen LogP contribution in [0.3, 0.4) is 0 Å². The zero-order chi connectivity index (χ0) is 23.5. The normalized spacial score (nSPS) is 15.1. The largest absolute Gasteiger partial charge is 0.383 e. The first-order valence-corrected chi connectivity index (χ1v) is 11.7. The maximum atomic E-state index is 13.4. The molecular weight excluding hydrogens is 456 g/mol. The summed E-state index contributed by atoms with van der Waals surface area (Å²) in [5.41, 5.74) is 3.76. The smallest absolute Gasteiger partial charge is 0.267 e. The summed E-state index contributed by atoms with van der Waals surface area (Å²) in [5.74, 6) is 0.187. The molecule has 2 aromatic heterocycles. The van der Waals surface area contributed by atoms with Crippen molar-refractivity contribution in [2.75, 3.05) is 25.6 Å². The van der Waals surface area contributed by atoms with E-state index < -0.39 is 0 Å². The SMILES string of the molecule is COCCN1C(=O)/C(=C/c2c(NCc3ccc(C)cc3)nc3ccc(C)cn3c2=O)SC1=S. The van der Waals surface area contributed by atoms with Gasteiger partial charge in [0.15, 0.2) is 0 Å². The molecule has 3 aromatic rings. The third-order valence-corrected chi connectivity index (χ3v) is 6.63. The molecule has 1 saturated heterocycles. The predicted octanol–water partition coefficient (Wildman–Crippen LogP) is 3.77. The third kappa shape index (κ3) is 5.00. The fraction of sp³-hybridized carbons (Fsp3) is 0.250. The van der Waals surface area contributed by atoms with E-state index in [1.165, 1.54) is 26.6 Å². The molecule has 170 valence electrons. The lowest BCUT2D eigenvalue weighted by Gasteiger charge is -2.13. The number of amides is 1. The van der Waals surface area contributed by atoms with E-state index in [0.717, 1.165) is 11.1 Å². The molecule has 0 bridgehead atoms. The quantitative estimate of drug-likeness (QED) is 0.408. The number of aryl methyl sites for hydroxylation is 2. The van der Waals surface area contributed by atoms with E-state index in [1.807, 2.05) is 50.2 Å². The summed E-state index contributed by atoms with van der Waals surface area (Å²) < 4.78 is 7.03. The number of benzene rings is 1. The Bertz CT molecular complexity index is 1320. The van der Waals surface area contributed by atoms with E-state index in [4.69, 9.17) is 17.0 Å². The van der Waals surface area contributed by atoms with Gasteiger partial charge in [0.05, 0.1) is 23.6 Å². The van der Waals surface area contributed by atoms with Crippen molar-refractivity contribution >= 4 is 51.7 Å². The minimum absolute atomic E-state index is 0.236. The molecule has 1 amide bonds. The third-order valence-electron chi connectivity index (χ3n) is 5.25. The van der Waals surface area contributed by atoms with Gasteiger partial charge in [0, 0.05) is 19.9 Å². The minimum Gasteiger partial charge on any atom is -0.383 e. The van der Waals surface area contributed by atoms with E-state index in [0.29, 0.717) is 46.0 Å². The number of hydrogen-bond donors (Lipinski definition) is 1. The lowest BCUT2D eigenvalue weighted by Crippen LogP contribution is -2.31. The van der Waals surface area contributed by atoms with Crippen LogP contribution in [0.1, 0.15) is 22.3 Å². The van der Waals surface area contributed by atoms with Crippen LogP contribution in [0.25, 0.3) is 11.7 Å². The molecule has 1 aromatic carbocycles. The number of carbonyl (C=O) groups is 1. The number of fused-ring (bicyclic) bond motifs is 1. The maximum Gasteiger partial charge on any atom is 0.267 e. The molecule has 1 aliphatic rings. The summed E-state index contributed by atoms with van der Waals surface area (Å²) in [7, 11) is 1.57. The van der Waals surface area contributed by atoms with Crippen LogP contribution in [0.5, 0.6) is 0 Å². The number of thiocarbonyl (C=S) groups is 1. The molecule has 33 heavy (non-hydrogen) atoms. The number of anilines is 1. The van der Waals surface area contributed by atoms with Gasteiger partial charge in [0.25, 0.3) is 11.5 Å². The highest BCUT2D eigenvalue weighted by atomic mass is 32.2. The number of rotatable bonds is 7. The van der Waals surface area contributed by atoms with Crippen molar-refractivity contribution in [2.45, 2.75) is 20.4 Å². The van der Waals surface area contributed by atoms with Gasteiger partial charge in [-0.3, -0.25) is 18.9 Å². The highest BCUT2D eigenvalue weighted by Gasteiger charge is 2.32. The summed E-state index contributed by atoms with van der Waals surface area (Å²) in [4.78, 5) is 32.9. The highest BCUT2D eigenvalue weighted by Crippen LogP contribution is 2.33. The number of pyridine rings is 1. The second-order valence-electron chi connectivity index (χ2n) is 7.78. The van der Waals surface area contributed by atoms with Crippen molar-refractivity contribution in [1.29, 1.82) is 0 Å². The molecule has 0 radical (unpaired) electrons. The zero-order valence-electron chi connectivity index (χ0n) is 18.6. The van der Waals surface area contributed by atoms with Gasteiger partial charge < -0.3 is 10.1 Å². The van der Waals surface area contributed by atoms with Gasteiger partial charge in [0.2, 0.25) is 0 Å². The van der Waals surface area contributed by atoms with Gasteiger partial charge in [-0.2, -0.15) is 0 Å². The molecule has 9 heteroatoms. The summed E-state index contributed by atoms with van der Waals surface area (Å²) >= 11 is 6.55. The van der Waals surface area contributed by atoms with Gasteiger partial charge in [-0.1, -0.05) is 59.9 Å². The van der Waals surface area contributed by atoms with Crippen molar-refractivity contribution in [3.8, 4) is 0 Å². The highest BCUT2D eigenvalue weighted by molar-refractivity contribution is 8.26. The average molecular weight is 481 g/mol. The number of nitrogens with one attached hydrogen (secondary N) is 1. The molecule has 3 heterocycles. The van der Waals surface area contributed by atoms with Crippen molar-refractivity contribution in [3.05, 3.63) is 80.1 Å². The maximum absolute atomic E-state index is 13.4. The van der Waals surface area contributed by atoms with Crippen LogP contribution in [-0.4, -0.2) is 44.8 Å². The van der Waals surface area contributed by atoms with Crippen LogP contribution >= 0.6 is 24.0 Å². The molecule has 0 atom stereocenters. The topological polar surface area (TPSA) is 75.9 Å². The van der Waals surface area contributed by atoms with Crippen LogP contribution in [0.4, 0.5) is 5.82 Å². The lowest BCUT2D eigenvalue weighted by molar-refractivity contribution is -0.122. The van der Waals surface area contributed by atoms with Crippen LogP contribution < -0.4 is 10.9 Å². The molecule has 7 nitrogen and oxygen atoms in total. The Kier molecular flexibility index (Phi) is 6.92. The monoisotopic (exact) mass is 480 g/mol. The van der Waals surface area contributed by atoms with Crippen molar-refractivity contribution < 1.29 is 9.53 Å². The Labute approximate surface area is 201 Å². The predicted molar refractivity (Wildman–Crippen MR) is 136 cm³/mol. The van der Waals surface area contributed by atoms with Gasteiger partial charge >= 0.3 is 0 Å². The number of methoxy groups -OCH3 is 1. The van der Waals surface area contributed by atoms with Crippen molar-refractivity contribution in [2.24, 2.45) is 0 Å². The first-order valence-electron chi connectivity index (χ1n) is 10.4.